The molecule has 4 heteroatoms. The number of carbonyl (C=O) groups is 2. The summed E-state index contributed by atoms with van der Waals surface area (Å²) in [5, 5.41) is 2.40. The Bertz CT molecular complexity index is 468. The van der Waals surface area contributed by atoms with E-state index in [2.05, 4.69) is 17.4 Å². The van der Waals surface area contributed by atoms with Crippen LogP contribution in [0.3, 0.4) is 0 Å². The van der Waals surface area contributed by atoms with Crippen LogP contribution in [0.25, 0.3) is 0 Å². The monoisotopic (exact) mass is 274 g/mol. The van der Waals surface area contributed by atoms with Crippen molar-refractivity contribution in [2.75, 3.05) is 6.54 Å². The van der Waals surface area contributed by atoms with Gasteiger partial charge >= 0.3 is 0 Å². The number of amides is 2. The smallest absolute Gasteiger partial charge is 0.234 e. The fourth-order valence-corrected chi connectivity index (χ4v) is 2.58. The molecule has 20 heavy (non-hydrogen) atoms. The Morgan fingerprint density at radius 3 is 2.50 bits per heavy atom. The van der Waals surface area contributed by atoms with Crippen molar-refractivity contribution < 1.29 is 9.59 Å². The van der Waals surface area contributed by atoms with Crippen molar-refractivity contribution in [3.05, 3.63) is 35.4 Å². The Labute approximate surface area is 119 Å². The quantitative estimate of drug-likeness (QED) is 0.614. The predicted molar refractivity (Wildman–Crippen MR) is 78.2 cm³/mol. The summed E-state index contributed by atoms with van der Waals surface area (Å²) in [6.45, 7) is 0.758. The maximum Gasteiger partial charge on any atom is 0.234 e. The second-order valence-electron chi connectivity index (χ2n) is 5.34. The molecule has 0 saturated carbocycles. The zero-order valence-corrected chi connectivity index (χ0v) is 11.7. The van der Waals surface area contributed by atoms with Crippen molar-refractivity contribution in [3.63, 3.8) is 0 Å². The summed E-state index contributed by atoms with van der Waals surface area (Å²) in [5.74, 6) is -0.515. The van der Waals surface area contributed by atoms with Gasteiger partial charge in [-0.25, -0.2) is 0 Å². The molecule has 1 aliphatic heterocycles. The van der Waals surface area contributed by atoms with Crippen molar-refractivity contribution in [1.82, 2.24) is 5.32 Å². The van der Waals surface area contributed by atoms with Crippen LogP contribution in [0.4, 0.5) is 0 Å². The SMILES string of the molecule is NCCCCCc1ccc(C2CCC(=O)NC2=O)cc1. The minimum absolute atomic E-state index is 0.164. The van der Waals surface area contributed by atoms with Crippen molar-refractivity contribution in [2.45, 2.75) is 44.4 Å². The molecule has 4 nitrogen and oxygen atoms in total. The van der Waals surface area contributed by atoms with E-state index in [1.807, 2.05) is 12.1 Å². The molecule has 3 N–H and O–H groups in total. The van der Waals surface area contributed by atoms with Gasteiger partial charge < -0.3 is 5.73 Å². The highest BCUT2D eigenvalue weighted by Crippen LogP contribution is 2.25. The first kappa shape index (κ1) is 14.7. The van der Waals surface area contributed by atoms with E-state index in [1.54, 1.807) is 0 Å². The van der Waals surface area contributed by atoms with Crippen LogP contribution in [0.2, 0.25) is 0 Å². The van der Waals surface area contributed by atoms with Gasteiger partial charge in [0.05, 0.1) is 5.92 Å². The highest BCUT2D eigenvalue weighted by atomic mass is 16.2. The largest absolute Gasteiger partial charge is 0.330 e. The molecule has 1 fully saturated rings. The van der Waals surface area contributed by atoms with Gasteiger partial charge in [-0.15, -0.1) is 0 Å². The number of piperidine rings is 1. The number of unbranched alkanes of at least 4 members (excludes halogenated alkanes) is 2. The van der Waals surface area contributed by atoms with E-state index in [1.165, 1.54) is 5.56 Å². The van der Waals surface area contributed by atoms with Gasteiger partial charge in [-0.2, -0.15) is 0 Å². The number of hydrogen-bond donors (Lipinski definition) is 2. The lowest BCUT2D eigenvalue weighted by Crippen LogP contribution is -2.39. The van der Waals surface area contributed by atoms with E-state index in [-0.39, 0.29) is 17.7 Å². The molecule has 0 aliphatic carbocycles. The lowest BCUT2D eigenvalue weighted by atomic mass is 9.90. The number of carbonyl (C=O) groups excluding carboxylic acids is 2. The molecule has 0 spiro atoms. The Hall–Kier alpha value is -1.68. The van der Waals surface area contributed by atoms with Gasteiger partial charge in [0.25, 0.3) is 0 Å². The molecule has 1 saturated heterocycles. The Kier molecular flexibility index (Phi) is 5.30. The molecule has 0 bridgehead atoms. The summed E-state index contributed by atoms with van der Waals surface area (Å²) in [4.78, 5) is 22.9. The Balaban J connectivity index is 1.91. The molecule has 1 aromatic rings. The standard InChI is InChI=1S/C16H22N2O2/c17-11-3-1-2-4-12-5-7-13(8-6-12)14-9-10-15(19)18-16(14)20/h5-8,14H,1-4,9-11,17H2,(H,18,19,20). The first-order chi connectivity index (χ1) is 9.70. The van der Waals surface area contributed by atoms with Crippen LogP contribution in [0.15, 0.2) is 24.3 Å². The molecule has 1 aromatic carbocycles. The summed E-state index contributed by atoms with van der Waals surface area (Å²) in [6.07, 6.45) is 5.47. The van der Waals surface area contributed by atoms with E-state index in [9.17, 15) is 9.59 Å². The average Bonchev–Trinajstić information content (AvgIpc) is 2.45. The molecule has 0 aromatic heterocycles. The minimum Gasteiger partial charge on any atom is -0.330 e. The fraction of sp³-hybridized carbons (Fsp3) is 0.500. The topological polar surface area (TPSA) is 72.2 Å². The highest BCUT2D eigenvalue weighted by Gasteiger charge is 2.27. The number of hydrogen-bond acceptors (Lipinski definition) is 3. The summed E-state index contributed by atoms with van der Waals surface area (Å²) in [7, 11) is 0. The number of rotatable bonds is 6. The maximum atomic E-state index is 11.8. The average molecular weight is 274 g/mol. The van der Waals surface area contributed by atoms with Crippen molar-refractivity contribution in [2.24, 2.45) is 5.73 Å². The van der Waals surface area contributed by atoms with Gasteiger partial charge in [-0.05, 0) is 43.4 Å². The summed E-state index contributed by atoms with van der Waals surface area (Å²) in [5.41, 5.74) is 7.76. The van der Waals surface area contributed by atoms with E-state index in [4.69, 9.17) is 5.73 Å². The predicted octanol–water partition coefficient (Wildman–Crippen LogP) is 1.88. The lowest BCUT2D eigenvalue weighted by molar-refractivity contribution is -0.134. The van der Waals surface area contributed by atoms with Gasteiger partial charge in [-0.3, -0.25) is 14.9 Å². The van der Waals surface area contributed by atoms with Crippen LogP contribution in [0.1, 0.15) is 49.1 Å². The summed E-state index contributed by atoms with van der Waals surface area (Å²) >= 11 is 0. The molecular formula is C16H22N2O2. The molecular weight excluding hydrogens is 252 g/mol. The highest BCUT2D eigenvalue weighted by molar-refractivity contribution is 6.00. The number of aryl methyl sites for hydroxylation is 1. The van der Waals surface area contributed by atoms with Gasteiger partial charge in [0.1, 0.15) is 0 Å². The summed E-state index contributed by atoms with van der Waals surface area (Å²) in [6, 6.07) is 8.19. The molecule has 1 heterocycles. The third kappa shape index (κ3) is 3.90. The third-order valence-electron chi connectivity index (χ3n) is 3.79. The van der Waals surface area contributed by atoms with Crippen LogP contribution in [0.5, 0.6) is 0 Å². The molecule has 108 valence electrons. The lowest BCUT2D eigenvalue weighted by Gasteiger charge is -2.21. The van der Waals surface area contributed by atoms with Crippen LogP contribution in [-0.2, 0) is 16.0 Å². The zero-order valence-electron chi connectivity index (χ0n) is 11.7. The van der Waals surface area contributed by atoms with Crippen LogP contribution in [0, 0.1) is 0 Å². The van der Waals surface area contributed by atoms with Gasteiger partial charge in [0.15, 0.2) is 0 Å². The van der Waals surface area contributed by atoms with Crippen molar-refractivity contribution >= 4 is 11.8 Å². The van der Waals surface area contributed by atoms with Crippen LogP contribution >= 0.6 is 0 Å². The van der Waals surface area contributed by atoms with Crippen molar-refractivity contribution in [3.8, 4) is 0 Å². The third-order valence-corrected chi connectivity index (χ3v) is 3.79. The first-order valence-electron chi connectivity index (χ1n) is 7.33. The molecule has 1 atom stereocenters. The minimum atomic E-state index is -0.181. The van der Waals surface area contributed by atoms with Crippen LogP contribution in [-0.4, -0.2) is 18.4 Å². The molecule has 1 unspecified atom stereocenters. The first-order valence-corrected chi connectivity index (χ1v) is 7.33. The molecule has 1 aliphatic rings. The van der Waals surface area contributed by atoms with Gasteiger partial charge in [0, 0.05) is 6.42 Å². The van der Waals surface area contributed by atoms with E-state index in [0.29, 0.717) is 12.8 Å². The van der Waals surface area contributed by atoms with Crippen LogP contribution < -0.4 is 11.1 Å². The second kappa shape index (κ2) is 7.20. The molecule has 0 radical (unpaired) electrons. The number of nitrogens with two attached hydrogens (primary N) is 1. The maximum absolute atomic E-state index is 11.8. The summed E-state index contributed by atoms with van der Waals surface area (Å²) < 4.78 is 0. The van der Waals surface area contributed by atoms with E-state index in [0.717, 1.165) is 37.8 Å². The number of nitrogens with one attached hydrogen (secondary N) is 1. The molecule has 2 amide bonds. The second-order valence-corrected chi connectivity index (χ2v) is 5.34. The Morgan fingerprint density at radius 1 is 1.10 bits per heavy atom. The number of imide groups is 1. The fourth-order valence-electron chi connectivity index (χ4n) is 2.58. The normalized spacial score (nSPS) is 18.9. The van der Waals surface area contributed by atoms with Gasteiger partial charge in [0.2, 0.25) is 11.8 Å². The van der Waals surface area contributed by atoms with Gasteiger partial charge in [-0.1, -0.05) is 30.7 Å². The Morgan fingerprint density at radius 2 is 1.85 bits per heavy atom. The number of benzene rings is 1. The van der Waals surface area contributed by atoms with Crippen molar-refractivity contribution in [1.29, 1.82) is 0 Å². The zero-order chi connectivity index (χ0) is 14.4. The van der Waals surface area contributed by atoms with E-state index < -0.39 is 0 Å². The molecule has 2 rings (SSSR count). The van der Waals surface area contributed by atoms with E-state index >= 15 is 0 Å².